The summed E-state index contributed by atoms with van der Waals surface area (Å²) in [6.45, 7) is 8.93. The van der Waals surface area contributed by atoms with Gasteiger partial charge in [0.15, 0.2) is 5.78 Å². The molecule has 7 atom stereocenters. The molecule has 2 aliphatic heterocycles. The zero-order valence-electron chi connectivity index (χ0n) is 33.8. The number of fused-ring (bicyclic) bond motifs is 3. The molecule has 2 saturated carbocycles. The van der Waals surface area contributed by atoms with Crippen LogP contribution in [0.1, 0.15) is 99.3 Å². The SMILES string of the molecule is CC(C)Oc1ccc2c(O[C@@H]3C[C@H]4C(=O)C[C@]5(C(=O)NS(=O)(=O)C6CC6)C[C@H]5/C=C\CC[C@@H](C)C[C@@H](C)[C@H](CC(=O)OC(C)(C)C(F)(F)F)C(=O)N4C3)nccc2c1. The van der Waals surface area contributed by atoms with E-state index < -0.39 is 92.4 Å². The number of hydrogen-bond acceptors (Lipinski definition) is 10. The van der Waals surface area contributed by atoms with Crippen molar-refractivity contribution in [2.24, 2.45) is 29.1 Å². The quantitative estimate of drug-likeness (QED) is 0.198. The molecule has 4 aliphatic rings. The summed E-state index contributed by atoms with van der Waals surface area (Å²) >= 11 is 0. The zero-order chi connectivity index (χ0) is 42.4. The van der Waals surface area contributed by atoms with E-state index in [1.54, 1.807) is 31.3 Å². The molecule has 0 unspecified atom stereocenters. The van der Waals surface area contributed by atoms with Crippen molar-refractivity contribution < 1.29 is 55.0 Å². The van der Waals surface area contributed by atoms with Crippen LogP contribution in [-0.4, -0.2) is 83.7 Å². The predicted octanol–water partition coefficient (Wildman–Crippen LogP) is 6.85. The smallest absolute Gasteiger partial charge is 0.427 e. The molecule has 318 valence electrons. The van der Waals surface area contributed by atoms with Gasteiger partial charge in [-0.2, -0.15) is 13.2 Å². The maximum absolute atomic E-state index is 14.8. The number of alkyl halides is 3. The van der Waals surface area contributed by atoms with E-state index in [9.17, 15) is 40.8 Å². The number of carbonyl (C=O) groups excluding carboxylic acids is 4. The van der Waals surface area contributed by atoms with Gasteiger partial charge in [-0.25, -0.2) is 13.4 Å². The Labute approximate surface area is 337 Å². The van der Waals surface area contributed by atoms with E-state index in [0.29, 0.717) is 43.2 Å². The number of hydrogen-bond donors (Lipinski definition) is 1. The Bertz CT molecular complexity index is 2050. The van der Waals surface area contributed by atoms with Gasteiger partial charge in [0.05, 0.1) is 41.7 Å². The van der Waals surface area contributed by atoms with Gasteiger partial charge in [0.2, 0.25) is 33.3 Å². The Hall–Kier alpha value is -4.21. The van der Waals surface area contributed by atoms with Gasteiger partial charge in [-0.05, 0) is 114 Å². The number of amides is 2. The molecule has 12 nitrogen and oxygen atoms in total. The van der Waals surface area contributed by atoms with Gasteiger partial charge in [0.25, 0.3) is 0 Å². The lowest BCUT2D eigenvalue weighted by atomic mass is 9.82. The van der Waals surface area contributed by atoms with Gasteiger partial charge in [-0.3, -0.25) is 23.9 Å². The first-order valence-corrected chi connectivity index (χ1v) is 21.7. The minimum atomic E-state index is -4.86. The molecule has 6 rings (SSSR count). The number of aromatic nitrogens is 1. The highest BCUT2D eigenvalue weighted by Gasteiger charge is 2.62. The van der Waals surface area contributed by atoms with Crippen LogP contribution in [0.4, 0.5) is 13.2 Å². The Morgan fingerprint density at radius 2 is 1.79 bits per heavy atom. The molecular formula is C42H54F3N3O9S. The number of rotatable bonds is 10. The number of nitrogens with zero attached hydrogens (tertiary/aromatic N) is 2. The van der Waals surface area contributed by atoms with Gasteiger partial charge in [-0.15, -0.1) is 0 Å². The molecule has 58 heavy (non-hydrogen) atoms. The molecule has 3 fully saturated rings. The average molecular weight is 834 g/mol. The maximum Gasteiger partial charge on any atom is 0.427 e. The van der Waals surface area contributed by atoms with Crippen molar-refractivity contribution in [2.45, 2.75) is 135 Å². The van der Waals surface area contributed by atoms with Crippen LogP contribution in [0.5, 0.6) is 11.6 Å². The molecule has 2 aromatic rings. The molecule has 2 aliphatic carbocycles. The first-order chi connectivity index (χ1) is 27.1. The van der Waals surface area contributed by atoms with Crippen LogP contribution >= 0.6 is 0 Å². The number of halogens is 3. The number of benzene rings is 1. The standard InChI is InChI=1S/C42H54F3N3O9S/c1-24(2)55-29-11-14-32-27(18-29)15-16-46-37(32)56-30-19-34-35(49)22-41(39(52)47-58(53,54)31-12-13-31)21-28(41)10-8-7-9-25(3)17-26(4)33(38(51)48(34)23-30)20-36(50)57-40(5,6)42(43,44)45/h8,10-11,14-16,18,24-26,28,30-31,33-34H,7,9,12-13,17,19-23H2,1-6H3,(H,47,52)/b10-8-/t25-,26-,28-,30-,33+,34+,41-/m1/s1. The first kappa shape index (κ1) is 43.4. The third kappa shape index (κ3) is 9.63. The van der Waals surface area contributed by atoms with Gasteiger partial charge >= 0.3 is 12.1 Å². The van der Waals surface area contributed by atoms with E-state index in [0.717, 1.165) is 19.2 Å². The van der Waals surface area contributed by atoms with Crippen molar-refractivity contribution in [1.29, 1.82) is 0 Å². The fraction of sp³-hybridized carbons (Fsp3) is 0.643. The number of nitrogens with one attached hydrogen (secondary N) is 1. The average Bonchev–Trinajstić information content (AvgIpc) is 4.04. The number of Topliss-reactive ketones (excluding diaryl/α,β-unsaturated/α-hetero) is 1. The second kappa shape index (κ2) is 16.4. The van der Waals surface area contributed by atoms with Crippen LogP contribution in [-0.2, 0) is 33.9 Å². The fourth-order valence-electron chi connectivity index (χ4n) is 8.28. The van der Waals surface area contributed by atoms with Crippen molar-refractivity contribution in [3.05, 3.63) is 42.6 Å². The molecule has 1 saturated heterocycles. The Kier molecular flexibility index (Phi) is 12.3. The van der Waals surface area contributed by atoms with E-state index in [4.69, 9.17) is 14.2 Å². The highest BCUT2D eigenvalue weighted by atomic mass is 32.2. The minimum absolute atomic E-state index is 0.0151. The van der Waals surface area contributed by atoms with E-state index in [1.165, 1.54) is 4.90 Å². The number of allylic oxidation sites excluding steroid dienone is 2. The Balaban J connectivity index is 1.34. The number of esters is 1. The van der Waals surface area contributed by atoms with Crippen LogP contribution < -0.4 is 14.2 Å². The van der Waals surface area contributed by atoms with Crippen molar-refractivity contribution in [1.82, 2.24) is 14.6 Å². The molecule has 16 heteroatoms. The highest BCUT2D eigenvalue weighted by Crippen LogP contribution is 2.57. The normalized spacial score (nSPS) is 29.2. The molecule has 1 aromatic heterocycles. The molecule has 3 heterocycles. The fourth-order valence-corrected chi connectivity index (χ4v) is 9.66. The Morgan fingerprint density at radius 3 is 2.47 bits per heavy atom. The van der Waals surface area contributed by atoms with Crippen LogP contribution in [0.2, 0.25) is 0 Å². The lowest BCUT2D eigenvalue weighted by Crippen LogP contribution is -2.48. The molecule has 1 N–H and O–H groups in total. The molecule has 0 radical (unpaired) electrons. The second-order valence-corrected chi connectivity index (χ2v) is 19.5. The third-order valence-corrected chi connectivity index (χ3v) is 13.8. The Morgan fingerprint density at radius 1 is 1.07 bits per heavy atom. The first-order valence-electron chi connectivity index (χ1n) is 20.2. The summed E-state index contributed by atoms with van der Waals surface area (Å²) < 4.78 is 86.6. The number of carbonyl (C=O) groups is 4. The van der Waals surface area contributed by atoms with Gasteiger partial charge in [0, 0.05) is 24.4 Å². The summed E-state index contributed by atoms with van der Waals surface area (Å²) in [5.74, 6) is -4.24. The summed E-state index contributed by atoms with van der Waals surface area (Å²) in [6, 6.07) is 6.06. The number of ether oxygens (including phenoxy) is 3. The van der Waals surface area contributed by atoms with E-state index in [2.05, 4.69) is 9.71 Å². The van der Waals surface area contributed by atoms with Crippen molar-refractivity contribution in [2.75, 3.05) is 6.54 Å². The monoisotopic (exact) mass is 833 g/mol. The molecule has 1 aromatic carbocycles. The largest absolute Gasteiger partial charge is 0.491 e. The molecular weight excluding hydrogens is 780 g/mol. The van der Waals surface area contributed by atoms with E-state index >= 15 is 0 Å². The lowest BCUT2D eigenvalue weighted by Gasteiger charge is -2.33. The summed E-state index contributed by atoms with van der Waals surface area (Å²) in [6.07, 6.45) is 1.42. The van der Waals surface area contributed by atoms with Gasteiger partial charge in [0.1, 0.15) is 11.9 Å². The van der Waals surface area contributed by atoms with Gasteiger partial charge in [-0.1, -0.05) is 26.0 Å². The topological polar surface area (TPSA) is 158 Å². The number of sulfonamides is 1. The predicted molar refractivity (Wildman–Crippen MR) is 208 cm³/mol. The minimum Gasteiger partial charge on any atom is -0.491 e. The zero-order valence-corrected chi connectivity index (χ0v) is 34.7. The van der Waals surface area contributed by atoms with Crippen LogP contribution in [0.3, 0.4) is 0 Å². The molecule has 0 bridgehead atoms. The molecule has 0 spiro atoms. The molecule has 2 amide bonds. The summed E-state index contributed by atoms with van der Waals surface area (Å²) in [4.78, 5) is 62.3. The van der Waals surface area contributed by atoms with E-state index in [1.807, 2.05) is 39.0 Å². The van der Waals surface area contributed by atoms with Crippen LogP contribution in [0.15, 0.2) is 42.6 Å². The van der Waals surface area contributed by atoms with Crippen molar-refractivity contribution in [3.8, 4) is 11.6 Å². The van der Waals surface area contributed by atoms with E-state index in [-0.39, 0.29) is 43.7 Å². The maximum atomic E-state index is 14.8. The summed E-state index contributed by atoms with van der Waals surface area (Å²) in [7, 11) is -3.93. The van der Waals surface area contributed by atoms with Crippen LogP contribution in [0, 0.1) is 29.1 Å². The second-order valence-electron chi connectivity index (χ2n) is 17.5. The van der Waals surface area contributed by atoms with Crippen molar-refractivity contribution >= 4 is 44.4 Å². The number of ketones is 1. The lowest BCUT2D eigenvalue weighted by molar-refractivity contribution is -0.257. The third-order valence-electron chi connectivity index (χ3n) is 12.0. The summed E-state index contributed by atoms with van der Waals surface area (Å²) in [5, 5.41) is 0.759. The van der Waals surface area contributed by atoms with Crippen LogP contribution in [0.25, 0.3) is 10.8 Å². The van der Waals surface area contributed by atoms with Crippen molar-refractivity contribution in [3.63, 3.8) is 0 Å². The van der Waals surface area contributed by atoms with Gasteiger partial charge < -0.3 is 19.1 Å². The summed E-state index contributed by atoms with van der Waals surface area (Å²) in [5.41, 5.74) is -4.17. The number of pyridine rings is 1. The highest BCUT2D eigenvalue weighted by molar-refractivity contribution is 7.90.